The normalized spacial score (nSPS) is 14.6. The molecule has 1 heterocycles. The molecule has 0 saturated carbocycles. The number of carboxylic acid groups (broad SMARTS) is 1. The van der Waals surface area contributed by atoms with Crippen LogP contribution in [0, 0.1) is 0 Å². The Morgan fingerprint density at radius 1 is 1.38 bits per heavy atom. The van der Waals surface area contributed by atoms with Crippen LogP contribution in [0.3, 0.4) is 0 Å². The molecule has 2 rings (SSSR count). The van der Waals surface area contributed by atoms with Crippen LogP contribution in [0.5, 0.6) is 0 Å². The van der Waals surface area contributed by atoms with Gasteiger partial charge in [0.25, 0.3) is 0 Å². The molecule has 0 unspecified atom stereocenters. The van der Waals surface area contributed by atoms with Gasteiger partial charge in [-0.2, -0.15) is 0 Å². The summed E-state index contributed by atoms with van der Waals surface area (Å²) in [7, 11) is 0. The molecule has 0 aliphatic heterocycles. The molecular weight excluding hydrogens is 224 g/mol. The summed E-state index contributed by atoms with van der Waals surface area (Å²) in [5.41, 5.74) is 2.84. The molecule has 4 nitrogen and oxygen atoms in total. The molecule has 0 atom stereocenters. The SMILES string of the molecule is CSc1nc2c(c(CC(=O)O)n1)CCCC2. The van der Waals surface area contributed by atoms with Crippen LogP contribution >= 0.6 is 11.8 Å². The number of carboxylic acids is 1. The number of fused-ring (bicyclic) bond motifs is 1. The monoisotopic (exact) mass is 238 g/mol. The van der Waals surface area contributed by atoms with Crippen molar-refractivity contribution in [1.29, 1.82) is 0 Å². The van der Waals surface area contributed by atoms with E-state index in [0.29, 0.717) is 10.9 Å². The van der Waals surface area contributed by atoms with E-state index in [1.807, 2.05) is 6.26 Å². The third-order valence-electron chi connectivity index (χ3n) is 2.75. The van der Waals surface area contributed by atoms with Crippen LogP contribution < -0.4 is 0 Å². The fourth-order valence-electron chi connectivity index (χ4n) is 2.03. The first-order valence-corrected chi connectivity index (χ1v) is 6.57. The highest BCUT2D eigenvalue weighted by molar-refractivity contribution is 7.98. The van der Waals surface area contributed by atoms with E-state index in [4.69, 9.17) is 5.11 Å². The Labute approximate surface area is 98.5 Å². The second-order valence-corrected chi connectivity index (χ2v) is 4.63. The molecule has 5 heteroatoms. The van der Waals surface area contributed by atoms with Gasteiger partial charge in [0.05, 0.1) is 12.1 Å². The van der Waals surface area contributed by atoms with Crippen LogP contribution in [-0.4, -0.2) is 27.3 Å². The highest BCUT2D eigenvalue weighted by Crippen LogP contribution is 2.24. The molecule has 1 aromatic heterocycles. The third kappa shape index (κ3) is 2.35. The lowest BCUT2D eigenvalue weighted by molar-refractivity contribution is -0.136. The van der Waals surface area contributed by atoms with E-state index >= 15 is 0 Å². The topological polar surface area (TPSA) is 63.1 Å². The highest BCUT2D eigenvalue weighted by atomic mass is 32.2. The highest BCUT2D eigenvalue weighted by Gasteiger charge is 2.18. The van der Waals surface area contributed by atoms with E-state index in [2.05, 4.69) is 9.97 Å². The number of hydrogen-bond donors (Lipinski definition) is 1. The summed E-state index contributed by atoms with van der Waals surface area (Å²) in [4.78, 5) is 19.6. The third-order valence-corrected chi connectivity index (χ3v) is 3.30. The van der Waals surface area contributed by atoms with Crippen LogP contribution in [0.15, 0.2) is 5.16 Å². The number of carbonyl (C=O) groups is 1. The Bertz CT molecular complexity index is 421. The molecule has 0 amide bonds. The van der Waals surface area contributed by atoms with Gasteiger partial charge < -0.3 is 5.11 Å². The molecular formula is C11H14N2O2S. The van der Waals surface area contributed by atoms with Crippen LogP contribution in [0.25, 0.3) is 0 Å². The zero-order valence-corrected chi connectivity index (χ0v) is 10.0. The summed E-state index contributed by atoms with van der Waals surface area (Å²) in [6.07, 6.45) is 6.06. The molecule has 1 aliphatic carbocycles. The maximum atomic E-state index is 10.8. The largest absolute Gasteiger partial charge is 0.481 e. The van der Waals surface area contributed by atoms with Crippen LogP contribution in [0.1, 0.15) is 29.8 Å². The van der Waals surface area contributed by atoms with Crippen molar-refractivity contribution in [2.45, 2.75) is 37.3 Å². The van der Waals surface area contributed by atoms with Gasteiger partial charge in [0.1, 0.15) is 0 Å². The number of rotatable bonds is 3. The van der Waals surface area contributed by atoms with Crippen molar-refractivity contribution in [2.24, 2.45) is 0 Å². The van der Waals surface area contributed by atoms with Crippen LogP contribution in [0.4, 0.5) is 0 Å². The van der Waals surface area contributed by atoms with Gasteiger partial charge in [-0.05, 0) is 37.5 Å². The first-order chi connectivity index (χ1) is 7.70. The fourth-order valence-corrected chi connectivity index (χ4v) is 2.43. The van der Waals surface area contributed by atoms with Crippen LogP contribution in [-0.2, 0) is 24.1 Å². The van der Waals surface area contributed by atoms with E-state index in [1.54, 1.807) is 0 Å². The Hall–Kier alpha value is -1.10. The van der Waals surface area contributed by atoms with E-state index in [9.17, 15) is 4.79 Å². The quantitative estimate of drug-likeness (QED) is 0.641. The molecule has 1 aliphatic rings. The molecule has 86 valence electrons. The maximum Gasteiger partial charge on any atom is 0.309 e. The van der Waals surface area contributed by atoms with E-state index in [0.717, 1.165) is 36.9 Å². The first kappa shape index (κ1) is 11.4. The molecule has 0 bridgehead atoms. The Morgan fingerprint density at radius 2 is 2.12 bits per heavy atom. The molecule has 1 N–H and O–H groups in total. The minimum absolute atomic E-state index is 0.0123. The number of aliphatic carboxylic acids is 1. The summed E-state index contributed by atoms with van der Waals surface area (Å²) >= 11 is 1.47. The maximum absolute atomic E-state index is 10.8. The van der Waals surface area contributed by atoms with Crippen molar-refractivity contribution in [3.05, 3.63) is 17.0 Å². The zero-order chi connectivity index (χ0) is 11.5. The molecule has 1 aromatic rings. The van der Waals surface area contributed by atoms with Crippen molar-refractivity contribution >= 4 is 17.7 Å². The molecule has 0 spiro atoms. The van der Waals surface area contributed by atoms with Gasteiger partial charge in [0.2, 0.25) is 0 Å². The summed E-state index contributed by atoms with van der Waals surface area (Å²) in [5.74, 6) is -0.821. The lowest BCUT2D eigenvalue weighted by atomic mass is 9.94. The molecule has 0 saturated heterocycles. The van der Waals surface area contributed by atoms with Gasteiger partial charge >= 0.3 is 5.97 Å². The number of aromatic nitrogens is 2. The smallest absolute Gasteiger partial charge is 0.309 e. The van der Waals surface area contributed by atoms with Crippen molar-refractivity contribution < 1.29 is 9.90 Å². The number of nitrogens with zero attached hydrogens (tertiary/aromatic N) is 2. The number of hydrogen-bond acceptors (Lipinski definition) is 4. The van der Waals surface area contributed by atoms with E-state index in [-0.39, 0.29) is 6.42 Å². The predicted octanol–water partition coefficient (Wildman–Crippen LogP) is 1.70. The standard InChI is InChI=1S/C11H14N2O2S/c1-16-11-12-8-5-3-2-4-7(8)9(13-11)6-10(14)15/h2-6H2,1H3,(H,14,15). The Morgan fingerprint density at radius 3 is 2.81 bits per heavy atom. The molecule has 0 radical (unpaired) electrons. The fraction of sp³-hybridized carbons (Fsp3) is 0.545. The Balaban J connectivity index is 2.43. The molecule has 16 heavy (non-hydrogen) atoms. The van der Waals surface area contributed by atoms with Crippen LogP contribution in [0.2, 0.25) is 0 Å². The first-order valence-electron chi connectivity index (χ1n) is 5.35. The van der Waals surface area contributed by atoms with Gasteiger partial charge in [0, 0.05) is 5.69 Å². The predicted molar refractivity (Wildman–Crippen MR) is 61.8 cm³/mol. The van der Waals surface area contributed by atoms with Gasteiger partial charge in [-0.15, -0.1) is 0 Å². The second kappa shape index (κ2) is 4.82. The average Bonchev–Trinajstić information content (AvgIpc) is 2.28. The number of aryl methyl sites for hydroxylation is 1. The van der Waals surface area contributed by atoms with Crippen molar-refractivity contribution in [2.75, 3.05) is 6.26 Å². The average molecular weight is 238 g/mol. The summed E-state index contributed by atoms with van der Waals surface area (Å²) < 4.78 is 0. The van der Waals surface area contributed by atoms with E-state index < -0.39 is 5.97 Å². The van der Waals surface area contributed by atoms with Crippen molar-refractivity contribution in [3.63, 3.8) is 0 Å². The molecule has 0 fully saturated rings. The van der Waals surface area contributed by atoms with Gasteiger partial charge in [-0.3, -0.25) is 4.79 Å². The minimum atomic E-state index is -0.821. The van der Waals surface area contributed by atoms with Crippen molar-refractivity contribution in [3.8, 4) is 0 Å². The van der Waals surface area contributed by atoms with E-state index in [1.165, 1.54) is 11.8 Å². The second-order valence-electron chi connectivity index (χ2n) is 3.86. The van der Waals surface area contributed by atoms with Gasteiger partial charge in [-0.25, -0.2) is 9.97 Å². The zero-order valence-electron chi connectivity index (χ0n) is 9.19. The summed E-state index contributed by atoms with van der Waals surface area (Å²) in [6, 6.07) is 0. The summed E-state index contributed by atoms with van der Waals surface area (Å²) in [6.45, 7) is 0. The molecule has 0 aromatic carbocycles. The minimum Gasteiger partial charge on any atom is -0.481 e. The number of thioether (sulfide) groups is 1. The van der Waals surface area contributed by atoms with Crippen molar-refractivity contribution in [1.82, 2.24) is 9.97 Å². The lowest BCUT2D eigenvalue weighted by Crippen LogP contribution is -2.14. The summed E-state index contributed by atoms with van der Waals surface area (Å²) in [5, 5.41) is 9.56. The van der Waals surface area contributed by atoms with Gasteiger partial charge in [0.15, 0.2) is 5.16 Å². The lowest BCUT2D eigenvalue weighted by Gasteiger charge is -2.17. The Kier molecular flexibility index (Phi) is 3.43. The van der Waals surface area contributed by atoms with Gasteiger partial charge in [-0.1, -0.05) is 11.8 Å².